The summed E-state index contributed by atoms with van der Waals surface area (Å²) in [6.07, 6.45) is 3.41. The summed E-state index contributed by atoms with van der Waals surface area (Å²) in [5, 5.41) is 0.479. The summed E-state index contributed by atoms with van der Waals surface area (Å²) < 4.78 is 10.9. The van der Waals surface area contributed by atoms with Gasteiger partial charge in [-0.2, -0.15) is 0 Å². The van der Waals surface area contributed by atoms with Crippen LogP contribution in [0.25, 0.3) is 0 Å². The molecular weight excluding hydrogens is 298 g/mol. The molecule has 3 nitrogen and oxygen atoms in total. The smallest absolute Gasteiger partial charge is 0.180 e. The number of aliphatic imine (C=N–C) groups is 1. The number of ether oxygens (including phenoxy) is 2. The molecule has 0 heterocycles. The molecule has 0 atom stereocenters. The van der Waals surface area contributed by atoms with E-state index in [0.29, 0.717) is 23.1 Å². The second-order valence-corrected chi connectivity index (χ2v) is 5.09. The summed E-state index contributed by atoms with van der Waals surface area (Å²) >= 11 is 6.26. The quantitative estimate of drug-likeness (QED) is 0.556. The molecule has 0 unspecified atom stereocenters. The molecule has 0 fully saturated rings. The minimum absolute atomic E-state index is 0.368. The number of rotatable bonds is 6. The Kier molecular flexibility index (Phi) is 5.61. The van der Waals surface area contributed by atoms with Crippen molar-refractivity contribution in [3.63, 3.8) is 0 Å². The van der Waals surface area contributed by atoms with Crippen molar-refractivity contribution in [2.75, 3.05) is 13.7 Å². The van der Waals surface area contributed by atoms with Crippen LogP contribution in [0.1, 0.15) is 11.1 Å². The van der Waals surface area contributed by atoms with Gasteiger partial charge in [-0.3, -0.25) is 4.99 Å². The number of aryl methyl sites for hydroxylation is 1. The first-order valence-electron chi connectivity index (χ1n) is 6.86. The molecule has 22 heavy (non-hydrogen) atoms. The van der Waals surface area contributed by atoms with Gasteiger partial charge in [0, 0.05) is 6.21 Å². The van der Waals surface area contributed by atoms with Gasteiger partial charge in [0.05, 0.1) is 17.8 Å². The van der Waals surface area contributed by atoms with Crippen molar-refractivity contribution < 1.29 is 9.47 Å². The van der Waals surface area contributed by atoms with E-state index >= 15 is 0 Å². The fourth-order valence-corrected chi connectivity index (χ4v) is 2.22. The van der Waals surface area contributed by atoms with E-state index in [1.54, 1.807) is 25.5 Å². The van der Waals surface area contributed by atoms with Crippen molar-refractivity contribution in [2.45, 2.75) is 6.92 Å². The average molecular weight is 316 g/mol. The van der Waals surface area contributed by atoms with Crippen molar-refractivity contribution in [2.24, 2.45) is 4.99 Å². The van der Waals surface area contributed by atoms with Gasteiger partial charge in [-0.15, -0.1) is 0 Å². The van der Waals surface area contributed by atoms with Gasteiger partial charge in [0.15, 0.2) is 11.5 Å². The van der Waals surface area contributed by atoms with E-state index in [-0.39, 0.29) is 0 Å². The fraction of sp³-hybridized carbons (Fsp3) is 0.167. The number of hydrogen-bond acceptors (Lipinski definition) is 3. The lowest BCUT2D eigenvalue weighted by atomic mass is 10.2. The SMILES string of the molecule is C=CCOc1c(Cl)cc(C=Nc2ccccc2C)cc1OC. The Labute approximate surface area is 135 Å². The molecular formula is C18H18ClNO2. The molecule has 0 bridgehead atoms. The summed E-state index contributed by atoms with van der Waals surface area (Å²) in [5.74, 6) is 1.08. The monoisotopic (exact) mass is 315 g/mol. The van der Waals surface area contributed by atoms with E-state index in [0.717, 1.165) is 16.8 Å². The third kappa shape index (κ3) is 3.89. The molecule has 4 heteroatoms. The predicted molar refractivity (Wildman–Crippen MR) is 92.1 cm³/mol. The van der Waals surface area contributed by atoms with Gasteiger partial charge in [0.2, 0.25) is 0 Å². The molecule has 0 N–H and O–H groups in total. The number of benzene rings is 2. The van der Waals surface area contributed by atoms with Gasteiger partial charge in [-0.05, 0) is 36.2 Å². The summed E-state index contributed by atoms with van der Waals surface area (Å²) in [7, 11) is 1.58. The molecule has 0 aliphatic rings. The Bertz CT molecular complexity index is 695. The maximum atomic E-state index is 6.26. The largest absolute Gasteiger partial charge is 0.493 e. The van der Waals surface area contributed by atoms with Crippen LogP contribution in [0.15, 0.2) is 54.0 Å². The highest BCUT2D eigenvalue weighted by molar-refractivity contribution is 6.32. The van der Waals surface area contributed by atoms with Crippen LogP contribution in [-0.4, -0.2) is 19.9 Å². The van der Waals surface area contributed by atoms with Gasteiger partial charge in [-0.25, -0.2) is 0 Å². The zero-order valence-electron chi connectivity index (χ0n) is 12.7. The van der Waals surface area contributed by atoms with Crippen molar-refractivity contribution >= 4 is 23.5 Å². The number of halogens is 1. The Morgan fingerprint density at radius 3 is 2.73 bits per heavy atom. The van der Waals surface area contributed by atoms with Crippen molar-refractivity contribution in [1.29, 1.82) is 0 Å². The van der Waals surface area contributed by atoms with Crippen LogP contribution in [0.3, 0.4) is 0 Å². The van der Waals surface area contributed by atoms with Gasteiger partial charge < -0.3 is 9.47 Å². The minimum Gasteiger partial charge on any atom is -0.493 e. The van der Waals surface area contributed by atoms with Gasteiger partial charge in [0.25, 0.3) is 0 Å². The summed E-state index contributed by atoms with van der Waals surface area (Å²) in [6.45, 7) is 6.01. The number of hydrogen-bond donors (Lipinski definition) is 0. The van der Waals surface area contributed by atoms with E-state index in [4.69, 9.17) is 21.1 Å². The Balaban J connectivity index is 2.31. The highest BCUT2D eigenvalue weighted by Gasteiger charge is 2.11. The van der Waals surface area contributed by atoms with E-state index in [1.165, 1.54) is 0 Å². The van der Waals surface area contributed by atoms with Crippen LogP contribution in [0, 0.1) is 6.92 Å². The van der Waals surface area contributed by atoms with E-state index in [9.17, 15) is 0 Å². The van der Waals surface area contributed by atoms with Crippen LogP contribution < -0.4 is 9.47 Å². The fourth-order valence-electron chi connectivity index (χ4n) is 1.95. The first-order valence-corrected chi connectivity index (χ1v) is 7.24. The Hall–Kier alpha value is -2.26. The second-order valence-electron chi connectivity index (χ2n) is 4.68. The van der Waals surface area contributed by atoms with Gasteiger partial charge in [-0.1, -0.05) is 42.5 Å². The lowest BCUT2D eigenvalue weighted by Crippen LogP contribution is -1.98. The normalized spacial score (nSPS) is 10.7. The first kappa shape index (κ1) is 16.1. The number of para-hydroxylation sites is 1. The van der Waals surface area contributed by atoms with Crippen LogP contribution in [0.5, 0.6) is 11.5 Å². The lowest BCUT2D eigenvalue weighted by molar-refractivity contribution is 0.326. The van der Waals surface area contributed by atoms with Crippen molar-refractivity contribution in [1.82, 2.24) is 0 Å². The van der Waals surface area contributed by atoms with Crippen LogP contribution in [-0.2, 0) is 0 Å². The first-order chi connectivity index (χ1) is 10.7. The molecule has 0 saturated heterocycles. The predicted octanol–water partition coefficient (Wildman–Crippen LogP) is 4.97. The molecule has 114 valence electrons. The topological polar surface area (TPSA) is 30.8 Å². The highest BCUT2D eigenvalue weighted by Crippen LogP contribution is 2.36. The molecule has 0 aliphatic heterocycles. The maximum Gasteiger partial charge on any atom is 0.180 e. The summed E-state index contributed by atoms with van der Waals surface area (Å²) in [4.78, 5) is 4.49. The third-order valence-electron chi connectivity index (χ3n) is 3.07. The number of nitrogens with zero attached hydrogens (tertiary/aromatic N) is 1. The highest BCUT2D eigenvalue weighted by atomic mass is 35.5. The molecule has 0 aliphatic carbocycles. The second kappa shape index (κ2) is 7.66. The molecule has 2 rings (SSSR count). The summed E-state index contributed by atoms with van der Waals surface area (Å²) in [6, 6.07) is 11.6. The third-order valence-corrected chi connectivity index (χ3v) is 3.35. The zero-order valence-corrected chi connectivity index (χ0v) is 13.4. The molecule has 0 saturated carbocycles. The average Bonchev–Trinajstić information content (AvgIpc) is 2.52. The van der Waals surface area contributed by atoms with E-state index in [1.807, 2.05) is 37.3 Å². The maximum absolute atomic E-state index is 6.26. The van der Waals surface area contributed by atoms with Crippen LogP contribution in [0.4, 0.5) is 5.69 Å². The molecule has 0 aromatic heterocycles. The van der Waals surface area contributed by atoms with Crippen LogP contribution >= 0.6 is 11.6 Å². The minimum atomic E-state index is 0.368. The zero-order chi connectivity index (χ0) is 15.9. The van der Waals surface area contributed by atoms with Gasteiger partial charge >= 0.3 is 0 Å². The molecule has 0 radical (unpaired) electrons. The Morgan fingerprint density at radius 1 is 1.27 bits per heavy atom. The molecule has 2 aromatic rings. The van der Waals surface area contributed by atoms with E-state index in [2.05, 4.69) is 11.6 Å². The molecule has 0 amide bonds. The molecule has 0 spiro atoms. The number of methoxy groups -OCH3 is 1. The van der Waals surface area contributed by atoms with E-state index < -0.39 is 0 Å². The van der Waals surface area contributed by atoms with Gasteiger partial charge in [0.1, 0.15) is 6.61 Å². The van der Waals surface area contributed by atoms with Crippen molar-refractivity contribution in [3.8, 4) is 11.5 Å². The van der Waals surface area contributed by atoms with Crippen molar-refractivity contribution in [3.05, 3.63) is 65.2 Å². The van der Waals surface area contributed by atoms with Crippen LogP contribution in [0.2, 0.25) is 5.02 Å². The summed E-state index contributed by atoms with van der Waals surface area (Å²) in [5.41, 5.74) is 2.88. The lowest BCUT2D eigenvalue weighted by Gasteiger charge is -2.12. The standard InChI is InChI=1S/C18H18ClNO2/c1-4-9-22-18-15(19)10-14(11-17(18)21-3)12-20-16-8-6-5-7-13(16)2/h4-8,10-12H,1,9H2,2-3H3. The molecule has 2 aromatic carbocycles. The Morgan fingerprint density at radius 2 is 2.05 bits per heavy atom.